The quantitative estimate of drug-likeness (QED) is 0.595. The first-order chi connectivity index (χ1) is 10.0. The summed E-state index contributed by atoms with van der Waals surface area (Å²) in [6, 6.07) is 14.0. The molecule has 0 fully saturated rings. The van der Waals surface area contributed by atoms with E-state index >= 15 is 0 Å². The summed E-state index contributed by atoms with van der Waals surface area (Å²) in [6.07, 6.45) is 1.75. The Labute approximate surface area is 132 Å². The maximum atomic E-state index is 13.3. The Morgan fingerprint density at radius 2 is 2.00 bits per heavy atom. The van der Waals surface area contributed by atoms with Gasteiger partial charge in [-0.25, -0.2) is 4.39 Å². The second-order valence-corrected chi connectivity index (χ2v) is 5.64. The number of benzene rings is 2. The molecule has 4 heteroatoms. The van der Waals surface area contributed by atoms with Crippen LogP contribution in [-0.2, 0) is 0 Å². The SMILES string of the molecule is CN(C)c1ccc(/C=C(\C#N)c2cccc(F)c2)cc1Br. The summed E-state index contributed by atoms with van der Waals surface area (Å²) in [4.78, 5) is 2.00. The zero-order chi connectivity index (χ0) is 15.4. The van der Waals surface area contributed by atoms with E-state index in [0.717, 1.165) is 15.7 Å². The Bertz CT molecular complexity index is 730. The highest BCUT2D eigenvalue weighted by molar-refractivity contribution is 9.10. The van der Waals surface area contributed by atoms with E-state index in [9.17, 15) is 9.65 Å². The van der Waals surface area contributed by atoms with Crippen molar-refractivity contribution < 1.29 is 4.39 Å². The summed E-state index contributed by atoms with van der Waals surface area (Å²) in [7, 11) is 3.92. The van der Waals surface area contributed by atoms with E-state index in [1.807, 2.05) is 37.2 Å². The van der Waals surface area contributed by atoms with Crippen molar-refractivity contribution in [2.45, 2.75) is 0 Å². The fourth-order valence-electron chi connectivity index (χ4n) is 1.98. The van der Waals surface area contributed by atoms with Crippen LogP contribution in [0.5, 0.6) is 0 Å². The monoisotopic (exact) mass is 344 g/mol. The van der Waals surface area contributed by atoms with E-state index < -0.39 is 0 Å². The van der Waals surface area contributed by atoms with E-state index in [1.54, 1.807) is 18.2 Å². The lowest BCUT2D eigenvalue weighted by Crippen LogP contribution is -2.09. The van der Waals surface area contributed by atoms with Gasteiger partial charge in [0.25, 0.3) is 0 Å². The second-order valence-electron chi connectivity index (χ2n) is 4.79. The standard InChI is InChI=1S/C17H14BrFN2/c1-21(2)17-7-6-12(9-16(17)18)8-14(11-20)13-4-3-5-15(19)10-13/h3-10H,1-2H3/b14-8+. The van der Waals surface area contributed by atoms with E-state index in [2.05, 4.69) is 22.0 Å². The fourth-order valence-corrected chi connectivity index (χ4v) is 2.73. The summed E-state index contributed by atoms with van der Waals surface area (Å²) in [5.41, 5.74) is 2.94. The predicted octanol–water partition coefficient (Wildman–Crippen LogP) is 4.72. The molecule has 2 nitrogen and oxygen atoms in total. The molecular weight excluding hydrogens is 331 g/mol. The molecule has 0 amide bonds. The molecule has 2 aromatic carbocycles. The Morgan fingerprint density at radius 3 is 2.57 bits per heavy atom. The van der Waals surface area contributed by atoms with Crippen molar-refractivity contribution >= 4 is 33.3 Å². The van der Waals surface area contributed by atoms with Crippen LogP contribution in [-0.4, -0.2) is 14.1 Å². The highest BCUT2D eigenvalue weighted by Crippen LogP contribution is 2.27. The highest BCUT2D eigenvalue weighted by atomic mass is 79.9. The van der Waals surface area contributed by atoms with Gasteiger partial charge in [0.2, 0.25) is 0 Å². The molecule has 2 rings (SSSR count). The van der Waals surface area contributed by atoms with Crippen molar-refractivity contribution in [2.75, 3.05) is 19.0 Å². The van der Waals surface area contributed by atoms with Gasteiger partial charge in [0.05, 0.1) is 17.3 Å². The molecule has 21 heavy (non-hydrogen) atoms. The summed E-state index contributed by atoms with van der Waals surface area (Å²) >= 11 is 3.51. The third-order valence-corrected chi connectivity index (χ3v) is 3.66. The minimum absolute atomic E-state index is 0.349. The van der Waals surface area contributed by atoms with Gasteiger partial charge in [0.1, 0.15) is 5.82 Å². The normalized spacial score (nSPS) is 11.1. The number of hydrogen-bond donors (Lipinski definition) is 0. The van der Waals surface area contributed by atoms with Gasteiger partial charge in [-0.3, -0.25) is 0 Å². The molecule has 0 spiro atoms. The zero-order valence-corrected chi connectivity index (χ0v) is 13.4. The topological polar surface area (TPSA) is 27.0 Å². The molecule has 2 aromatic rings. The molecule has 0 unspecified atom stereocenters. The summed E-state index contributed by atoms with van der Waals surface area (Å²) in [5.74, 6) is -0.349. The van der Waals surface area contributed by atoms with Crippen molar-refractivity contribution in [3.05, 3.63) is 63.9 Å². The van der Waals surface area contributed by atoms with Crippen LogP contribution < -0.4 is 4.90 Å². The molecule has 0 aliphatic carbocycles. The van der Waals surface area contributed by atoms with Crippen molar-refractivity contribution in [1.29, 1.82) is 5.26 Å². The third-order valence-electron chi connectivity index (χ3n) is 3.02. The fraction of sp³-hybridized carbons (Fsp3) is 0.118. The minimum atomic E-state index is -0.349. The van der Waals surface area contributed by atoms with Crippen LogP contribution in [0, 0.1) is 17.1 Å². The van der Waals surface area contributed by atoms with Gasteiger partial charge in [0, 0.05) is 18.6 Å². The van der Waals surface area contributed by atoms with Crippen molar-refractivity contribution in [1.82, 2.24) is 0 Å². The summed E-state index contributed by atoms with van der Waals surface area (Å²) in [6.45, 7) is 0. The van der Waals surface area contributed by atoms with Gasteiger partial charge < -0.3 is 4.90 Å². The molecule has 0 aliphatic rings. The molecule has 0 radical (unpaired) electrons. The lowest BCUT2D eigenvalue weighted by atomic mass is 10.0. The van der Waals surface area contributed by atoms with Crippen LogP contribution >= 0.6 is 15.9 Å². The van der Waals surface area contributed by atoms with Crippen molar-refractivity contribution in [3.8, 4) is 6.07 Å². The Hall–Kier alpha value is -2.12. The van der Waals surface area contributed by atoms with Crippen molar-refractivity contribution in [2.24, 2.45) is 0 Å². The lowest BCUT2D eigenvalue weighted by Gasteiger charge is -2.14. The van der Waals surface area contributed by atoms with Gasteiger partial charge in [0.15, 0.2) is 0 Å². The molecule has 0 N–H and O–H groups in total. The van der Waals surface area contributed by atoms with Crippen LogP contribution in [0.25, 0.3) is 11.6 Å². The average molecular weight is 345 g/mol. The molecule has 0 saturated carbocycles. The van der Waals surface area contributed by atoms with E-state index in [0.29, 0.717) is 11.1 Å². The minimum Gasteiger partial charge on any atom is -0.377 e. The first-order valence-corrected chi connectivity index (χ1v) is 7.15. The third kappa shape index (κ3) is 3.71. The van der Waals surface area contributed by atoms with E-state index in [1.165, 1.54) is 12.1 Å². The van der Waals surface area contributed by atoms with Crippen LogP contribution in [0.15, 0.2) is 46.9 Å². The Morgan fingerprint density at radius 1 is 1.24 bits per heavy atom. The molecule has 106 valence electrons. The lowest BCUT2D eigenvalue weighted by molar-refractivity contribution is 0.627. The average Bonchev–Trinajstić information content (AvgIpc) is 2.44. The molecule has 0 bridgehead atoms. The van der Waals surface area contributed by atoms with Crippen LogP contribution in [0.1, 0.15) is 11.1 Å². The smallest absolute Gasteiger partial charge is 0.123 e. The molecule has 0 atom stereocenters. The first-order valence-electron chi connectivity index (χ1n) is 6.36. The number of halogens is 2. The molecule has 0 aromatic heterocycles. The van der Waals surface area contributed by atoms with Gasteiger partial charge in [-0.1, -0.05) is 18.2 Å². The summed E-state index contributed by atoms with van der Waals surface area (Å²) in [5, 5.41) is 9.28. The van der Waals surface area contributed by atoms with Gasteiger partial charge in [-0.2, -0.15) is 5.26 Å². The van der Waals surface area contributed by atoms with E-state index in [-0.39, 0.29) is 5.82 Å². The molecule has 0 aliphatic heterocycles. The summed E-state index contributed by atoms with van der Waals surface area (Å²) < 4.78 is 14.2. The van der Waals surface area contributed by atoms with E-state index in [4.69, 9.17) is 0 Å². The largest absolute Gasteiger partial charge is 0.377 e. The number of hydrogen-bond acceptors (Lipinski definition) is 2. The van der Waals surface area contributed by atoms with Gasteiger partial charge in [-0.05, 0) is 57.4 Å². The molecule has 0 saturated heterocycles. The van der Waals surface area contributed by atoms with Gasteiger partial charge in [-0.15, -0.1) is 0 Å². The van der Waals surface area contributed by atoms with Crippen LogP contribution in [0.4, 0.5) is 10.1 Å². The highest BCUT2D eigenvalue weighted by Gasteiger charge is 2.05. The molecular formula is C17H14BrFN2. The molecule has 0 heterocycles. The zero-order valence-electron chi connectivity index (χ0n) is 11.8. The maximum absolute atomic E-state index is 13.3. The first kappa shape index (κ1) is 15.3. The number of anilines is 1. The van der Waals surface area contributed by atoms with Crippen LogP contribution in [0.3, 0.4) is 0 Å². The number of rotatable bonds is 3. The van der Waals surface area contributed by atoms with Crippen molar-refractivity contribution in [3.63, 3.8) is 0 Å². The maximum Gasteiger partial charge on any atom is 0.123 e. The Kier molecular flexibility index (Phi) is 4.77. The van der Waals surface area contributed by atoms with Crippen LogP contribution in [0.2, 0.25) is 0 Å². The van der Waals surface area contributed by atoms with Gasteiger partial charge >= 0.3 is 0 Å². The predicted molar refractivity (Wildman–Crippen MR) is 88.4 cm³/mol. The number of allylic oxidation sites excluding steroid dienone is 1. The number of nitrogens with zero attached hydrogens (tertiary/aromatic N) is 2. The number of nitriles is 1. The second kappa shape index (κ2) is 6.55. The Balaban J connectivity index is 2.42.